The van der Waals surface area contributed by atoms with Crippen molar-refractivity contribution in [2.24, 2.45) is 11.3 Å². The first kappa shape index (κ1) is 17.3. The highest BCUT2D eigenvalue weighted by Crippen LogP contribution is 2.41. The second kappa shape index (κ2) is 5.86. The van der Waals surface area contributed by atoms with Crippen LogP contribution in [0, 0.1) is 11.3 Å². The summed E-state index contributed by atoms with van der Waals surface area (Å²) in [6, 6.07) is 0.366. The molecule has 0 aliphatic carbocycles. The highest BCUT2D eigenvalue weighted by atomic mass is 16.6. The lowest BCUT2D eigenvalue weighted by molar-refractivity contribution is -0.127. The number of ketones is 1. The summed E-state index contributed by atoms with van der Waals surface area (Å²) in [5.74, 6) is 0.489. The molecule has 2 heterocycles. The molecule has 2 rings (SSSR count). The van der Waals surface area contributed by atoms with Crippen LogP contribution in [0.2, 0.25) is 0 Å². The molecule has 0 spiro atoms. The molecule has 2 aliphatic heterocycles. The largest absolute Gasteiger partial charge is 0.444 e. The molecule has 2 atom stereocenters. The monoisotopic (exact) mass is 309 g/mol. The summed E-state index contributed by atoms with van der Waals surface area (Å²) in [5.41, 5.74) is -0.423. The van der Waals surface area contributed by atoms with E-state index in [2.05, 4.69) is 20.8 Å². The van der Waals surface area contributed by atoms with E-state index in [-0.39, 0.29) is 29.5 Å². The van der Waals surface area contributed by atoms with Gasteiger partial charge in [-0.25, -0.2) is 4.79 Å². The first-order valence-corrected chi connectivity index (χ1v) is 8.50. The summed E-state index contributed by atoms with van der Waals surface area (Å²) in [7, 11) is 0. The van der Waals surface area contributed by atoms with E-state index in [1.165, 1.54) is 0 Å². The molecular formula is C18H31NO3. The molecule has 0 aromatic carbocycles. The number of amides is 1. The topological polar surface area (TPSA) is 46.6 Å². The maximum atomic E-state index is 12.5. The van der Waals surface area contributed by atoms with Crippen molar-refractivity contribution in [3.8, 4) is 0 Å². The smallest absolute Gasteiger partial charge is 0.410 e. The molecule has 0 saturated carbocycles. The lowest BCUT2D eigenvalue weighted by Crippen LogP contribution is -2.49. The van der Waals surface area contributed by atoms with E-state index >= 15 is 0 Å². The summed E-state index contributed by atoms with van der Waals surface area (Å²) >= 11 is 0. The van der Waals surface area contributed by atoms with E-state index in [0.717, 1.165) is 25.7 Å². The van der Waals surface area contributed by atoms with Crippen molar-refractivity contribution < 1.29 is 14.3 Å². The number of rotatable bonds is 2. The van der Waals surface area contributed by atoms with Crippen LogP contribution in [-0.4, -0.2) is 34.5 Å². The van der Waals surface area contributed by atoms with Gasteiger partial charge in [0.25, 0.3) is 0 Å². The predicted molar refractivity (Wildman–Crippen MR) is 86.7 cm³/mol. The lowest BCUT2D eigenvalue weighted by Gasteiger charge is -2.39. The van der Waals surface area contributed by atoms with Gasteiger partial charge in [-0.05, 0) is 51.9 Å². The number of ether oxygens (including phenoxy) is 1. The van der Waals surface area contributed by atoms with Crippen molar-refractivity contribution >= 4 is 11.9 Å². The molecule has 2 saturated heterocycles. The molecule has 2 bridgehead atoms. The van der Waals surface area contributed by atoms with Crippen LogP contribution >= 0.6 is 0 Å². The Hall–Kier alpha value is -1.06. The Bertz CT molecular complexity index is 430. The Morgan fingerprint density at radius 2 is 1.50 bits per heavy atom. The average Bonchev–Trinajstić information content (AvgIpc) is 2.56. The van der Waals surface area contributed by atoms with Gasteiger partial charge in [0.1, 0.15) is 11.4 Å². The van der Waals surface area contributed by atoms with E-state index in [0.29, 0.717) is 12.2 Å². The summed E-state index contributed by atoms with van der Waals surface area (Å²) in [4.78, 5) is 26.8. The molecule has 4 nitrogen and oxygen atoms in total. The van der Waals surface area contributed by atoms with Gasteiger partial charge < -0.3 is 9.64 Å². The van der Waals surface area contributed by atoms with Crippen LogP contribution in [0.1, 0.15) is 73.6 Å². The van der Waals surface area contributed by atoms with Crippen LogP contribution in [0.25, 0.3) is 0 Å². The molecule has 0 aromatic rings. The maximum absolute atomic E-state index is 12.5. The molecule has 2 aliphatic rings. The first-order chi connectivity index (χ1) is 9.96. The van der Waals surface area contributed by atoms with Crippen LogP contribution in [0.15, 0.2) is 0 Å². The third-order valence-electron chi connectivity index (χ3n) is 4.50. The van der Waals surface area contributed by atoms with Crippen molar-refractivity contribution in [2.45, 2.75) is 91.3 Å². The summed E-state index contributed by atoms with van der Waals surface area (Å²) in [6.45, 7) is 12.0. The second-order valence-electron chi connectivity index (χ2n) is 9.14. The van der Waals surface area contributed by atoms with E-state index in [9.17, 15) is 9.59 Å². The number of fused-ring (bicyclic) bond motifs is 2. The highest BCUT2D eigenvalue weighted by molar-refractivity contribution is 5.82. The Morgan fingerprint density at radius 3 is 1.91 bits per heavy atom. The van der Waals surface area contributed by atoms with Crippen LogP contribution in [0.5, 0.6) is 0 Å². The van der Waals surface area contributed by atoms with Crippen molar-refractivity contribution in [1.82, 2.24) is 4.90 Å². The first-order valence-electron chi connectivity index (χ1n) is 8.50. The number of hydrogen-bond acceptors (Lipinski definition) is 3. The van der Waals surface area contributed by atoms with Crippen molar-refractivity contribution in [3.05, 3.63) is 0 Å². The van der Waals surface area contributed by atoms with Gasteiger partial charge >= 0.3 is 6.09 Å². The van der Waals surface area contributed by atoms with Gasteiger partial charge in [0.15, 0.2) is 0 Å². The Kier molecular flexibility index (Phi) is 4.61. The minimum Gasteiger partial charge on any atom is -0.444 e. The van der Waals surface area contributed by atoms with Gasteiger partial charge in [0, 0.05) is 24.4 Å². The molecule has 0 radical (unpaired) electrons. The van der Waals surface area contributed by atoms with Crippen LogP contribution in [-0.2, 0) is 9.53 Å². The lowest BCUT2D eigenvalue weighted by atomic mass is 9.80. The molecular weight excluding hydrogens is 278 g/mol. The molecule has 4 heteroatoms. The molecule has 0 aromatic heterocycles. The van der Waals surface area contributed by atoms with Gasteiger partial charge in [0.2, 0.25) is 0 Å². The van der Waals surface area contributed by atoms with Crippen LogP contribution < -0.4 is 0 Å². The van der Waals surface area contributed by atoms with E-state index in [1.807, 2.05) is 25.7 Å². The normalized spacial score (nSPS) is 28.6. The van der Waals surface area contributed by atoms with Crippen molar-refractivity contribution in [2.75, 3.05) is 0 Å². The Balaban J connectivity index is 2.00. The predicted octanol–water partition coefficient (Wildman–Crippen LogP) is 4.17. The Labute approximate surface area is 134 Å². The van der Waals surface area contributed by atoms with Gasteiger partial charge in [-0.15, -0.1) is 0 Å². The third kappa shape index (κ3) is 4.23. The third-order valence-corrected chi connectivity index (χ3v) is 4.50. The van der Waals surface area contributed by atoms with Gasteiger partial charge in [-0.3, -0.25) is 4.79 Å². The molecule has 22 heavy (non-hydrogen) atoms. The van der Waals surface area contributed by atoms with Gasteiger partial charge in [0.05, 0.1) is 0 Å². The van der Waals surface area contributed by atoms with Crippen LogP contribution in [0.3, 0.4) is 0 Å². The quantitative estimate of drug-likeness (QED) is 0.769. The standard InChI is InChI=1S/C18H31NO3/c1-17(2,3)11-15(20)12-9-13-7-8-14(10-12)19(13)16(21)22-18(4,5)6/h12-14H,7-11H2,1-6H3. The molecule has 2 fully saturated rings. The van der Waals surface area contributed by atoms with Crippen molar-refractivity contribution in [1.29, 1.82) is 0 Å². The average molecular weight is 309 g/mol. The highest BCUT2D eigenvalue weighted by Gasteiger charge is 2.46. The summed E-state index contributed by atoms with van der Waals surface area (Å²) in [5, 5.41) is 0. The van der Waals surface area contributed by atoms with Gasteiger partial charge in [-0.2, -0.15) is 0 Å². The second-order valence-corrected chi connectivity index (χ2v) is 9.14. The van der Waals surface area contributed by atoms with E-state index in [1.54, 1.807) is 0 Å². The molecule has 126 valence electrons. The number of carbonyl (C=O) groups is 2. The zero-order valence-electron chi connectivity index (χ0n) is 14.9. The van der Waals surface area contributed by atoms with E-state index in [4.69, 9.17) is 4.74 Å². The van der Waals surface area contributed by atoms with Crippen molar-refractivity contribution in [3.63, 3.8) is 0 Å². The SMILES string of the molecule is CC(C)(C)CC(=O)C1CC2CCC(C1)N2C(=O)OC(C)(C)C. The zero-order valence-corrected chi connectivity index (χ0v) is 14.9. The fraction of sp³-hybridized carbons (Fsp3) is 0.889. The number of piperidine rings is 1. The zero-order chi connectivity index (χ0) is 16.7. The number of hydrogen-bond donors (Lipinski definition) is 0. The minimum absolute atomic E-state index is 0.0401. The maximum Gasteiger partial charge on any atom is 0.410 e. The summed E-state index contributed by atoms with van der Waals surface area (Å²) < 4.78 is 5.54. The summed E-state index contributed by atoms with van der Waals surface area (Å²) in [6.07, 6.45) is 4.05. The number of carbonyl (C=O) groups excluding carboxylic acids is 2. The number of nitrogens with zero attached hydrogens (tertiary/aromatic N) is 1. The Morgan fingerprint density at radius 1 is 1.00 bits per heavy atom. The molecule has 0 N–H and O–H groups in total. The van der Waals surface area contributed by atoms with E-state index < -0.39 is 5.60 Å². The molecule has 2 unspecified atom stereocenters. The van der Waals surface area contributed by atoms with Gasteiger partial charge in [-0.1, -0.05) is 20.8 Å². The fourth-order valence-electron chi connectivity index (χ4n) is 3.72. The molecule has 1 amide bonds. The number of Topliss-reactive ketones (excluding diaryl/α,β-unsaturated/α-hetero) is 1. The minimum atomic E-state index is -0.463. The fourth-order valence-corrected chi connectivity index (χ4v) is 3.72. The van der Waals surface area contributed by atoms with Crippen LogP contribution in [0.4, 0.5) is 4.79 Å².